The number of aromatic nitrogens is 4. The summed E-state index contributed by atoms with van der Waals surface area (Å²) in [6, 6.07) is 3.59. The molecule has 0 aliphatic carbocycles. The minimum absolute atomic E-state index is 0.0636. The summed E-state index contributed by atoms with van der Waals surface area (Å²) in [7, 11) is 0. The van der Waals surface area contributed by atoms with Crippen LogP contribution < -0.4 is 5.32 Å². The number of rotatable bonds is 5. The molecule has 3 heterocycles. The van der Waals surface area contributed by atoms with Crippen molar-refractivity contribution >= 4 is 52.1 Å². The summed E-state index contributed by atoms with van der Waals surface area (Å²) >= 11 is 7.91. The first-order chi connectivity index (χ1) is 12.6. The molecule has 3 aromatic heterocycles. The maximum atomic E-state index is 14.9. The summed E-state index contributed by atoms with van der Waals surface area (Å²) in [5.74, 6) is 0.478. The van der Waals surface area contributed by atoms with Crippen LogP contribution in [0.25, 0.3) is 27.7 Å². The zero-order valence-corrected chi connectivity index (χ0v) is 15.2. The van der Waals surface area contributed by atoms with E-state index < -0.39 is 5.82 Å². The van der Waals surface area contributed by atoms with Crippen LogP contribution in [-0.2, 0) is 10.5 Å². The maximum absolute atomic E-state index is 14.9. The molecule has 4 rings (SSSR count). The van der Waals surface area contributed by atoms with Gasteiger partial charge in [0.1, 0.15) is 11.5 Å². The van der Waals surface area contributed by atoms with Gasteiger partial charge in [-0.2, -0.15) is 16.9 Å². The van der Waals surface area contributed by atoms with Gasteiger partial charge >= 0.3 is 0 Å². The number of nitrogens with one attached hydrogen (secondary N) is 2. The second-order valence-corrected chi connectivity index (χ2v) is 6.89. The number of H-pyrrole nitrogens is 1. The lowest BCUT2D eigenvalue weighted by molar-refractivity contribution is -0.105. The van der Waals surface area contributed by atoms with E-state index in [1.54, 1.807) is 29.1 Å². The highest BCUT2D eigenvalue weighted by atomic mass is 35.5. The second kappa shape index (κ2) is 6.62. The Balaban J connectivity index is 1.95. The van der Waals surface area contributed by atoms with Gasteiger partial charge in [0.05, 0.1) is 22.9 Å². The zero-order chi connectivity index (χ0) is 18.3. The molecule has 26 heavy (non-hydrogen) atoms. The quantitative estimate of drug-likeness (QED) is 0.504. The van der Waals surface area contributed by atoms with Gasteiger partial charge in [-0.05, 0) is 18.4 Å². The number of carbonyl (C=O) groups excluding carboxylic acids is 1. The summed E-state index contributed by atoms with van der Waals surface area (Å²) < 4.78 is 16.6. The highest BCUT2D eigenvalue weighted by Crippen LogP contribution is 2.40. The molecule has 6 nitrogen and oxygen atoms in total. The van der Waals surface area contributed by atoms with Crippen molar-refractivity contribution in [3.63, 3.8) is 0 Å². The van der Waals surface area contributed by atoms with Crippen molar-refractivity contribution in [2.75, 3.05) is 11.6 Å². The molecule has 0 saturated heterocycles. The average Bonchev–Trinajstić information content (AvgIpc) is 3.25. The first-order valence-electron chi connectivity index (χ1n) is 7.65. The van der Waals surface area contributed by atoms with E-state index in [0.717, 1.165) is 10.9 Å². The predicted molar refractivity (Wildman–Crippen MR) is 102 cm³/mol. The van der Waals surface area contributed by atoms with Gasteiger partial charge in [-0.3, -0.25) is 9.89 Å². The first kappa shape index (κ1) is 16.9. The van der Waals surface area contributed by atoms with Crippen molar-refractivity contribution in [2.45, 2.75) is 5.75 Å². The number of fused-ring (bicyclic) bond motifs is 2. The summed E-state index contributed by atoms with van der Waals surface area (Å²) in [5.41, 5.74) is 3.10. The van der Waals surface area contributed by atoms with E-state index in [2.05, 4.69) is 20.5 Å². The lowest BCUT2D eigenvalue weighted by atomic mass is 10.0. The van der Waals surface area contributed by atoms with Gasteiger partial charge in [0.25, 0.3) is 0 Å². The maximum Gasteiger partial charge on any atom is 0.212 e. The molecule has 2 N–H and O–H groups in total. The lowest BCUT2D eigenvalue weighted by Gasteiger charge is -2.12. The SMILES string of the molecule is CSCc1c(F)c(Cl)c(-c2ccc3nc(NC=O)cn3c2)c2cn[nH]c12. The smallest absolute Gasteiger partial charge is 0.212 e. The summed E-state index contributed by atoms with van der Waals surface area (Å²) in [5, 5.41) is 10.3. The van der Waals surface area contributed by atoms with Crippen LogP contribution in [0, 0.1) is 5.82 Å². The number of nitrogens with zero attached hydrogens (tertiary/aromatic N) is 3. The lowest BCUT2D eigenvalue weighted by Crippen LogP contribution is -1.96. The molecule has 0 aliphatic heterocycles. The number of imidazole rings is 1. The van der Waals surface area contributed by atoms with Gasteiger partial charge in [-0.15, -0.1) is 0 Å². The molecule has 0 bridgehead atoms. The third-order valence-corrected chi connectivity index (χ3v) is 5.06. The van der Waals surface area contributed by atoms with Crippen LogP contribution in [0.15, 0.2) is 30.7 Å². The molecule has 132 valence electrons. The normalized spacial score (nSPS) is 11.3. The third-order valence-electron chi connectivity index (χ3n) is 4.12. The number of hydrogen-bond donors (Lipinski definition) is 2. The number of carbonyl (C=O) groups is 1. The van der Waals surface area contributed by atoms with Crippen LogP contribution in [0.5, 0.6) is 0 Å². The number of thioether (sulfide) groups is 1. The Morgan fingerprint density at radius 1 is 1.42 bits per heavy atom. The van der Waals surface area contributed by atoms with E-state index in [1.165, 1.54) is 11.8 Å². The van der Waals surface area contributed by atoms with Crippen molar-refractivity contribution in [3.05, 3.63) is 47.1 Å². The minimum atomic E-state index is -0.443. The van der Waals surface area contributed by atoms with Crippen molar-refractivity contribution in [2.24, 2.45) is 0 Å². The Bertz CT molecular complexity index is 1140. The number of benzene rings is 1. The average molecular weight is 390 g/mol. The summed E-state index contributed by atoms with van der Waals surface area (Å²) in [6.07, 6.45) is 7.58. The summed E-state index contributed by atoms with van der Waals surface area (Å²) in [4.78, 5) is 14.9. The number of amides is 1. The monoisotopic (exact) mass is 389 g/mol. The van der Waals surface area contributed by atoms with Crippen LogP contribution in [0.4, 0.5) is 10.2 Å². The van der Waals surface area contributed by atoms with Gasteiger partial charge in [-0.1, -0.05) is 11.6 Å². The molecular weight excluding hydrogens is 377 g/mol. The van der Waals surface area contributed by atoms with Crippen molar-refractivity contribution in [1.29, 1.82) is 0 Å². The molecule has 0 radical (unpaired) electrons. The van der Waals surface area contributed by atoms with Gasteiger partial charge in [0.2, 0.25) is 6.41 Å². The van der Waals surface area contributed by atoms with Crippen LogP contribution in [0.3, 0.4) is 0 Å². The Hall–Kier alpha value is -2.58. The van der Waals surface area contributed by atoms with Crippen LogP contribution >= 0.6 is 23.4 Å². The number of aromatic amines is 1. The summed E-state index contributed by atoms with van der Waals surface area (Å²) in [6.45, 7) is 0. The molecule has 0 unspecified atom stereocenters. The fourth-order valence-corrected chi connectivity index (χ4v) is 3.89. The van der Waals surface area contributed by atoms with E-state index in [0.29, 0.717) is 40.3 Å². The van der Waals surface area contributed by atoms with Crippen molar-refractivity contribution in [3.8, 4) is 11.1 Å². The molecule has 0 fully saturated rings. The standard InChI is InChI=1S/C17H13ClFN5OS/c1-26-7-11-16(19)15(18)14(10-4-21-23-17(10)11)9-2-3-13-22-12(20-8-25)6-24(13)5-9/h2-6,8H,7H2,1H3,(H,20,25)(H,21,23). The first-order valence-corrected chi connectivity index (χ1v) is 9.42. The van der Waals surface area contributed by atoms with E-state index >= 15 is 0 Å². The van der Waals surface area contributed by atoms with Crippen LogP contribution in [-0.4, -0.2) is 32.2 Å². The van der Waals surface area contributed by atoms with Crippen molar-refractivity contribution < 1.29 is 9.18 Å². The van der Waals surface area contributed by atoms with E-state index in [4.69, 9.17) is 11.6 Å². The molecule has 4 aromatic rings. The minimum Gasteiger partial charge on any atom is -0.312 e. The topological polar surface area (TPSA) is 75.1 Å². The van der Waals surface area contributed by atoms with E-state index in [-0.39, 0.29) is 5.02 Å². The fraction of sp³-hybridized carbons (Fsp3) is 0.118. The van der Waals surface area contributed by atoms with Gasteiger partial charge < -0.3 is 9.72 Å². The molecule has 0 aliphatic rings. The van der Waals surface area contributed by atoms with Crippen molar-refractivity contribution in [1.82, 2.24) is 19.6 Å². The molecule has 0 saturated carbocycles. The largest absolute Gasteiger partial charge is 0.312 e. The highest BCUT2D eigenvalue weighted by molar-refractivity contribution is 7.97. The van der Waals surface area contributed by atoms with Gasteiger partial charge in [0, 0.05) is 34.0 Å². The number of hydrogen-bond acceptors (Lipinski definition) is 4. The molecular formula is C17H13ClFN5OS. The van der Waals surface area contributed by atoms with Gasteiger partial charge in [-0.25, -0.2) is 9.37 Å². The zero-order valence-electron chi connectivity index (χ0n) is 13.6. The molecule has 0 atom stereocenters. The fourth-order valence-electron chi connectivity index (χ4n) is 3.01. The van der Waals surface area contributed by atoms with Crippen LogP contribution in [0.1, 0.15) is 5.56 Å². The third kappa shape index (κ3) is 2.62. The second-order valence-electron chi connectivity index (χ2n) is 5.64. The van der Waals surface area contributed by atoms with E-state index in [9.17, 15) is 9.18 Å². The van der Waals surface area contributed by atoms with Gasteiger partial charge in [0.15, 0.2) is 5.82 Å². The highest BCUT2D eigenvalue weighted by Gasteiger charge is 2.21. The predicted octanol–water partition coefficient (Wildman–Crippen LogP) is 4.10. The van der Waals surface area contributed by atoms with E-state index in [1.807, 2.05) is 12.3 Å². The molecule has 1 aromatic carbocycles. The number of pyridine rings is 1. The Morgan fingerprint density at radius 3 is 3.04 bits per heavy atom. The molecule has 1 amide bonds. The number of halogens is 2. The molecule has 0 spiro atoms. The molecule has 9 heteroatoms. The number of anilines is 1. The Labute approximate surface area is 156 Å². The Kier molecular flexibility index (Phi) is 4.29. The van der Waals surface area contributed by atoms with Crippen LogP contribution in [0.2, 0.25) is 5.02 Å². The Morgan fingerprint density at radius 2 is 2.27 bits per heavy atom.